The molecule has 0 radical (unpaired) electrons. The average Bonchev–Trinajstić information content (AvgIpc) is 2.59. The lowest BCUT2D eigenvalue weighted by molar-refractivity contribution is 0.832. The van der Waals surface area contributed by atoms with E-state index < -0.39 is 0 Å². The SMILES string of the molecule is CSc1nsc2ccnc(C(C)C)c12. The second kappa shape index (κ2) is 3.87. The zero-order valence-corrected chi connectivity index (χ0v) is 10.1. The van der Waals surface area contributed by atoms with Crippen molar-refractivity contribution in [2.45, 2.75) is 24.8 Å². The highest BCUT2D eigenvalue weighted by Gasteiger charge is 2.12. The van der Waals surface area contributed by atoms with E-state index in [9.17, 15) is 0 Å². The normalized spacial score (nSPS) is 11.4. The fourth-order valence-corrected chi connectivity index (χ4v) is 3.04. The van der Waals surface area contributed by atoms with E-state index in [0.717, 1.165) is 5.03 Å². The maximum absolute atomic E-state index is 4.44. The van der Waals surface area contributed by atoms with Crippen LogP contribution >= 0.6 is 23.3 Å². The van der Waals surface area contributed by atoms with Crippen molar-refractivity contribution >= 4 is 33.4 Å². The first kappa shape index (κ1) is 9.93. The lowest BCUT2D eigenvalue weighted by Crippen LogP contribution is -1.92. The number of hydrogen-bond donors (Lipinski definition) is 0. The summed E-state index contributed by atoms with van der Waals surface area (Å²) in [6.07, 6.45) is 3.94. The molecule has 4 heteroatoms. The summed E-state index contributed by atoms with van der Waals surface area (Å²) in [6.45, 7) is 4.34. The van der Waals surface area contributed by atoms with Crippen LogP contribution in [0.1, 0.15) is 25.5 Å². The van der Waals surface area contributed by atoms with Crippen LogP contribution in [0.3, 0.4) is 0 Å². The standard InChI is InChI=1S/C10H12N2S2/c1-6(2)9-8-7(4-5-11-9)14-12-10(8)13-3/h4-6H,1-3H3. The van der Waals surface area contributed by atoms with Crippen LogP contribution < -0.4 is 0 Å². The maximum atomic E-state index is 4.44. The molecule has 2 aromatic heterocycles. The van der Waals surface area contributed by atoms with Gasteiger partial charge in [0.1, 0.15) is 5.03 Å². The van der Waals surface area contributed by atoms with E-state index in [0.29, 0.717) is 5.92 Å². The Kier molecular flexibility index (Phi) is 2.74. The number of thioether (sulfide) groups is 1. The third-order valence-corrected chi connectivity index (χ3v) is 3.73. The number of hydrogen-bond acceptors (Lipinski definition) is 4. The van der Waals surface area contributed by atoms with Crippen molar-refractivity contribution < 1.29 is 0 Å². The molecule has 0 aliphatic rings. The van der Waals surface area contributed by atoms with Crippen molar-refractivity contribution in [2.75, 3.05) is 6.26 Å². The van der Waals surface area contributed by atoms with Crippen molar-refractivity contribution in [2.24, 2.45) is 0 Å². The Morgan fingerprint density at radius 1 is 1.43 bits per heavy atom. The Bertz CT molecular complexity index is 448. The molecule has 74 valence electrons. The molecule has 2 rings (SSSR count). The van der Waals surface area contributed by atoms with Gasteiger partial charge < -0.3 is 0 Å². The second-order valence-electron chi connectivity index (χ2n) is 3.42. The van der Waals surface area contributed by atoms with Crippen LogP contribution in [0.2, 0.25) is 0 Å². The van der Waals surface area contributed by atoms with Gasteiger partial charge in [0.2, 0.25) is 0 Å². The Hall–Kier alpha value is -0.610. The summed E-state index contributed by atoms with van der Waals surface area (Å²) in [5.74, 6) is 0.459. The van der Waals surface area contributed by atoms with E-state index in [1.165, 1.54) is 15.8 Å². The van der Waals surface area contributed by atoms with E-state index >= 15 is 0 Å². The van der Waals surface area contributed by atoms with Crippen LogP contribution in [0.4, 0.5) is 0 Å². The lowest BCUT2D eigenvalue weighted by Gasteiger charge is -2.05. The largest absolute Gasteiger partial charge is 0.260 e. The predicted molar refractivity (Wildman–Crippen MR) is 63.3 cm³/mol. The summed E-state index contributed by atoms with van der Waals surface area (Å²) in [4.78, 5) is 4.44. The van der Waals surface area contributed by atoms with Crippen LogP contribution in [0, 0.1) is 0 Å². The second-order valence-corrected chi connectivity index (χ2v) is 5.02. The first-order chi connectivity index (χ1) is 6.74. The van der Waals surface area contributed by atoms with Crippen LogP contribution in [0.5, 0.6) is 0 Å². The molecule has 14 heavy (non-hydrogen) atoms. The van der Waals surface area contributed by atoms with Crippen LogP contribution in [0.15, 0.2) is 17.3 Å². The predicted octanol–water partition coefficient (Wildman–Crippen LogP) is 3.54. The molecule has 0 N–H and O–H groups in total. The summed E-state index contributed by atoms with van der Waals surface area (Å²) in [6, 6.07) is 2.04. The molecule has 0 unspecified atom stereocenters. The molecule has 0 saturated carbocycles. The average molecular weight is 224 g/mol. The molecule has 2 nitrogen and oxygen atoms in total. The van der Waals surface area contributed by atoms with Crippen molar-refractivity contribution in [1.82, 2.24) is 9.36 Å². The van der Waals surface area contributed by atoms with Crippen LogP contribution in [-0.2, 0) is 0 Å². The maximum Gasteiger partial charge on any atom is 0.119 e. The minimum absolute atomic E-state index is 0.459. The van der Waals surface area contributed by atoms with Gasteiger partial charge in [-0.15, -0.1) is 11.8 Å². The minimum Gasteiger partial charge on any atom is -0.260 e. The van der Waals surface area contributed by atoms with Gasteiger partial charge in [0.25, 0.3) is 0 Å². The Balaban J connectivity index is 2.75. The number of aromatic nitrogens is 2. The molecule has 2 aromatic rings. The Morgan fingerprint density at radius 2 is 2.21 bits per heavy atom. The van der Waals surface area contributed by atoms with Gasteiger partial charge in [-0.2, -0.15) is 4.37 Å². The summed E-state index contributed by atoms with van der Waals surface area (Å²) in [5.41, 5.74) is 1.17. The Labute approximate surface area is 91.9 Å². The van der Waals surface area contributed by atoms with E-state index in [1.807, 2.05) is 12.3 Å². The fraction of sp³-hybridized carbons (Fsp3) is 0.400. The zero-order valence-electron chi connectivity index (χ0n) is 8.44. The zero-order chi connectivity index (χ0) is 10.1. The smallest absolute Gasteiger partial charge is 0.119 e. The van der Waals surface area contributed by atoms with Crippen LogP contribution in [0.25, 0.3) is 10.1 Å². The molecular weight excluding hydrogens is 212 g/mol. The summed E-state index contributed by atoms with van der Waals surface area (Å²) in [7, 11) is 0. The quantitative estimate of drug-likeness (QED) is 0.730. The number of fused-ring (bicyclic) bond motifs is 1. The van der Waals surface area contributed by atoms with Gasteiger partial charge in [-0.25, -0.2) is 0 Å². The van der Waals surface area contributed by atoms with Gasteiger partial charge in [0, 0.05) is 11.6 Å². The summed E-state index contributed by atoms with van der Waals surface area (Å²) < 4.78 is 5.67. The first-order valence-corrected chi connectivity index (χ1v) is 6.52. The molecule has 0 atom stereocenters. The van der Waals surface area contributed by atoms with Gasteiger partial charge in [-0.1, -0.05) is 13.8 Å². The van der Waals surface area contributed by atoms with Gasteiger partial charge in [0.05, 0.1) is 10.4 Å². The molecular formula is C10H12N2S2. The monoisotopic (exact) mass is 224 g/mol. The molecule has 0 aromatic carbocycles. The highest BCUT2D eigenvalue weighted by molar-refractivity contribution is 7.98. The molecule has 0 bridgehead atoms. The lowest BCUT2D eigenvalue weighted by atomic mass is 10.1. The molecule has 0 spiro atoms. The van der Waals surface area contributed by atoms with Crippen molar-refractivity contribution in [3.05, 3.63) is 18.0 Å². The highest BCUT2D eigenvalue weighted by atomic mass is 32.2. The molecule has 2 heterocycles. The van der Waals surface area contributed by atoms with Crippen molar-refractivity contribution in [3.63, 3.8) is 0 Å². The molecule has 0 amide bonds. The van der Waals surface area contributed by atoms with E-state index in [2.05, 4.69) is 29.5 Å². The van der Waals surface area contributed by atoms with Crippen LogP contribution in [-0.4, -0.2) is 15.6 Å². The van der Waals surface area contributed by atoms with Crippen molar-refractivity contribution in [3.8, 4) is 0 Å². The van der Waals surface area contributed by atoms with Gasteiger partial charge in [-0.05, 0) is 29.8 Å². The third-order valence-electron chi connectivity index (χ3n) is 2.12. The van der Waals surface area contributed by atoms with E-state index in [-0.39, 0.29) is 0 Å². The fourth-order valence-electron chi connectivity index (χ4n) is 1.46. The molecule has 0 aliphatic carbocycles. The van der Waals surface area contributed by atoms with Gasteiger partial charge in [0.15, 0.2) is 0 Å². The number of nitrogens with zero attached hydrogens (tertiary/aromatic N) is 2. The summed E-state index contributed by atoms with van der Waals surface area (Å²) >= 11 is 3.26. The van der Waals surface area contributed by atoms with Gasteiger partial charge >= 0.3 is 0 Å². The highest BCUT2D eigenvalue weighted by Crippen LogP contribution is 2.33. The summed E-state index contributed by atoms with van der Waals surface area (Å²) in [5, 5.41) is 2.36. The van der Waals surface area contributed by atoms with Crippen molar-refractivity contribution in [1.29, 1.82) is 0 Å². The number of pyridine rings is 1. The van der Waals surface area contributed by atoms with Gasteiger partial charge in [-0.3, -0.25) is 4.98 Å². The third kappa shape index (κ3) is 1.53. The topological polar surface area (TPSA) is 25.8 Å². The minimum atomic E-state index is 0.459. The van der Waals surface area contributed by atoms with E-state index in [4.69, 9.17) is 0 Å². The molecule has 0 saturated heterocycles. The van der Waals surface area contributed by atoms with E-state index in [1.54, 1.807) is 23.3 Å². The number of rotatable bonds is 2. The molecule has 0 fully saturated rings. The molecule has 0 aliphatic heterocycles. The first-order valence-electron chi connectivity index (χ1n) is 4.52. The Morgan fingerprint density at radius 3 is 2.86 bits per heavy atom.